The molecule has 2 aromatic rings. The van der Waals surface area contributed by atoms with Gasteiger partial charge in [-0.05, 0) is 62.9 Å². The second-order valence-corrected chi connectivity index (χ2v) is 7.89. The Kier molecular flexibility index (Phi) is 6.38. The van der Waals surface area contributed by atoms with Crippen molar-refractivity contribution in [3.05, 3.63) is 59.4 Å². The largest absolute Gasteiger partial charge is 0.490 e. The highest BCUT2D eigenvalue weighted by molar-refractivity contribution is 5.99. The summed E-state index contributed by atoms with van der Waals surface area (Å²) in [6, 6.07) is 12.4. The first-order valence-electron chi connectivity index (χ1n) is 10.3. The van der Waals surface area contributed by atoms with Crippen LogP contribution in [0.1, 0.15) is 63.5 Å². The Morgan fingerprint density at radius 3 is 2.54 bits per heavy atom. The Bertz CT molecular complexity index is 827. The van der Waals surface area contributed by atoms with Crippen LogP contribution in [0.2, 0.25) is 0 Å². The first-order chi connectivity index (χ1) is 13.5. The molecule has 28 heavy (non-hydrogen) atoms. The van der Waals surface area contributed by atoms with Gasteiger partial charge in [0.05, 0.1) is 11.5 Å². The SMILES string of the molecule is CCC(C)Oc1ccc(NC(=O)C2(c3ccccc3F)CCCCC2)cc1C. The van der Waals surface area contributed by atoms with E-state index in [0.29, 0.717) is 18.4 Å². The molecular weight excluding hydrogens is 353 g/mol. The van der Waals surface area contributed by atoms with Crippen LogP contribution < -0.4 is 10.1 Å². The molecule has 1 unspecified atom stereocenters. The summed E-state index contributed by atoms with van der Waals surface area (Å²) in [4.78, 5) is 13.4. The van der Waals surface area contributed by atoms with E-state index in [1.165, 1.54) is 6.07 Å². The molecule has 1 fully saturated rings. The molecular formula is C24H30FNO2. The number of hydrogen-bond acceptors (Lipinski definition) is 2. The number of aryl methyl sites for hydroxylation is 1. The Hall–Kier alpha value is -2.36. The fourth-order valence-corrected chi connectivity index (χ4v) is 4.03. The molecule has 1 amide bonds. The third-order valence-corrected chi connectivity index (χ3v) is 5.87. The van der Waals surface area contributed by atoms with Crippen molar-refractivity contribution in [2.45, 2.75) is 70.8 Å². The van der Waals surface area contributed by atoms with Gasteiger partial charge < -0.3 is 10.1 Å². The van der Waals surface area contributed by atoms with E-state index in [1.807, 2.05) is 38.1 Å². The van der Waals surface area contributed by atoms with Gasteiger partial charge in [-0.25, -0.2) is 4.39 Å². The van der Waals surface area contributed by atoms with Crippen LogP contribution >= 0.6 is 0 Å². The predicted molar refractivity (Wildman–Crippen MR) is 111 cm³/mol. The van der Waals surface area contributed by atoms with Gasteiger partial charge in [-0.15, -0.1) is 0 Å². The molecule has 0 heterocycles. The zero-order valence-corrected chi connectivity index (χ0v) is 17.1. The molecule has 0 radical (unpaired) electrons. The van der Waals surface area contributed by atoms with E-state index in [0.717, 1.165) is 42.7 Å². The van der Waals surface area contributed by atoms with Gasteiger partial charge in [0.1, 0.15) is 11.6 Å². The highest BCUT2D eigenvalue weighted by atomic mass is 19.1. The molecule has 3 nitrogen and oxygen atoms in total. The minimum Gasteiger partial charge on any atom is -0.490 e. The van der Waals surface area contributed by atoms with Crippen molar-refractivity contribution in [2.24, 2.45) is 0 Å². The Balaban J connectivity index is 1.85. The molecule has 1 aliphatic carbocycles. The average molecular weight is 384 g/mol. The summed E-state index contributed by atoms with van der Waals surface area (Å²) in [7, 11) is 0. The Labute approximate surface area is 167 Å². The van der Waals surface area contributed by atoms with E-state index in [4.69, 9.17) is 4.74 Å². The van der Waals surface area contributed by atoms with Gasteiger partial charge in [-0.1, -0.05) is 44.4 Å². The third-order valence-electron chi connectivity index (χ3n) is 5.87. The fraction of sp³-hybridized carbons (Fsp3) is 0.458. The lowest BCUT2D eigenvalue weighted by Crippen LogP contribution is -2.42. The number of carbonyl (C=O) groups excluding carboxylic acids is 1. The molecule has 0 spiro atoms. The van der Waals surface area contributed by atoms with Crippen LogP contribution in [0, 0.1) is 12.7 Å². The molecule has 150 valence electrons. The van der Waals surface area contributed by atoms with Gasteiger partial charge in [0.25, 0.3) is 0 Å². The van der Waals surface area contributed by atoms with E-state index < -0.39 is 5.41 Å². The highest BCUT2D eigenvalue weighted by Gasteiger charge is 2.42. The molecule has 0 bridgehead atoms. The Morgan fingerprint density at radius 2 is 1.89 bits per heavy atom. The van der Waals surface area contributed by atoms with Crippen LogP contribution in [0.5, 0.6) is 5.75 Å². The van der Waals surface area contributed by atoms with Gasteiger partial charge in [-0.3, -0.25) is 4.79 Å². The minimum absolute atomic E-state index is 0.118. The van der Waals surface area contributed by atoms with Crippen molar-refractivity contribution in [2.75, 3.05) is 5.32 Å². The van der Waals surface area contributed by atoms with Crippen molar-refractivity contribution >= 4 is 11.6 Å². The molecule has 0 aliphatic heterocycles. The number of ether oxygens (including phenoxy) is 1. The van der Waals surface area contributed by atoms with Gasteiger partial charge in [-0.2, -0.15) is 0 Å². The van der Waals surface area contributed by atoms with Crippen LogP contribution in [0.15, 0.2) is 42.5 Å². The number of rotatable bonds is 6. The number of benzene rings is 2. The van der Waals surface area contributed by atoms with E-state index in [-0.39, 0.29) is 17.8 Å². The second-order valence-electron chi connectivity index (χ2n) is 7.89. The van der Waals surface area contributed by atoms with Crippen molar-refractivity contribution in [3.63, 3.8) is 0 Å². The van der Waals surface area contributed by atoms with Crippen molar-refractivity contribution < 1.29 is 13.9 Å². The fourth-order valence-electron chi connectivity index (χ4n) is 4.03. The zero-order chi connectivity index (χ0) is 20.1. The number of carbonyl (C=O) groups is 1. The van der Waals surface area contributed by atoms with E-state index in [9.17, 15) is 9.18 Å². The maximum atomic E-state index is 14.6. The topological polar surface area (TPSA) is 38.3 Å². The van der Waals surface area contributed by atoms with Crippen LogP contribution in [0.25, 0.3) is 0 Å². The third kappa shape index (κ3) is 4.21. The maximum Gasteiger partial charge on any atom is 0.235 e. The molecule has 3 rings (SSSR count). The molecule has 0 aromatic heterocycles. The summed E-state index contributed by atoms with van der Waals surface area (Å²) >= 11 is 0. The second kappa shape index (κ2) is 8.76. The van der Waals surface area contributed by atoms with Crippen molar-refractivity contribution in [1.82, 2.24) is 0 Å². The van der Waals surface area contributed by atoms with Crippen molar-refractivity contribution in [3.8, 4) is 5.75 Å². The quantitative estimate of drug-likeness (QED) is 0.649. The first-order valence-corrected chi connectivity index (χ1v) is 10.3. The van der Waals surface area contributed by atoms with Gasteiger partial charge in [0, 0.05) is 11.3 Å². The summed E-state index contributed by atoms with van der Waals surface area (Å²) in [6.07, 6.45) is 5.38. The minimum atomic E-state index is -0.802. The standard InChI is InChI=1S/C24H30FNO2/c1-4-18(3)28-22-13-12-19(16-17(22)2)26-23(27)24(14-8-5-9-15-24)20-10-6-7-11-21(20)25/h6-7,10-13,16,18H,4-5,8-9,14-15H2,1-3H3,(H,26,27). The van der Waals surface area contributed by atoms with Crippen LogP contribution in [-0.2, 0) is 10.2 Å². The summed E-state index contributed by atoms with van der Waals surface area (Å²) in [5.41, 5.74) is 1.41. The predicted octanol–water partition coefficient (Wildman–Crippen LogP) is 6.15. The van der Waals surface area contributed by atoms with Crippen LogP contribution in [-0.4, -0.2) is 12.0 Å². The van der Waals surface area contributed by atoms with Gasteiger partial charge >= 0.3 is 0 Å². The lowest BCUT2D eigenvalue weighted by Gasteiger charge is -2.36. The summed E-state index contributed by atoms with van der Waals surface area (Å²) in [6.45, 7) is 6.10. The number of nitrogens with one attached hydrogen (secondary N) is 1. The van der Waals surface area contributed by atoms with Crippen molar-refractivity contribution in [1.29, 1.82) is 0 Å². The summed E-state index contributed by atoms with van der Waals surface area (Å²) < 4.78 is 20.5. The van der Waals surface area contributed by atoms with Crippen LogP contribution in [0.3, 0.4) is 0 Å². The molecule has 1 aliphatic rings. The molecule has 1 N–H and O–H groups in total. The highest BCUT2D eigenvalue weighted by Crippen LogP contribution is 2.41. The summed E-state index contributed by atoms with van der Waals surface area (Å²) in [5.74, 6) is 0.411. The van der Waals surface area contributed by atoms with E-state index >= 15 is 0 Å². The number of anilines is 1. The number of hydrogen-bond donors (Lipinski definition) is 1. The monoisotopic (exact) mass is 383 g/mol. The Morgan fingerprint density at radius 1 is 1.18 bits per heavy atom. The van der Waals surface area contributed by atoms with Gasteiger partial charge in [0.15, 0.2) is 0 Å². The maximum absolute atomic E-state index is 14.6. The number of amides is 1. The molecule has 1 saturated carbocycles. The number of halogens is 1. The average Bonchev–Trinajstić information content (AvgIpc) is 2.70. The smallest absolute Gasteiger partial charge is 0.235 e. The lowest BCUT2D eigenvalue weighted by molar-refractivity contribution is -0.122. The molecule has 2 aromatic carbocycles. The van der Waals surface area contributed by atoms with E-state index in [1.54, 1.807) is 12.1 Å². The van der Waals surface area contributed by atoms with E-state index in [2.05, 4.69) is 12.2 Å². The molecule has 4 heteroatoms. The van der Waals surface area contributed by atoms with Gasteiger partial charge in [0.2, 0.25) is 5.91 Å². The zero-order valence-electron chi connectivity index (χ0n) is 17.1. The first kappa shape index (κ1) is 20.4. The molecule has 1 atom stereocenters. The molecule has 0 saturated heterocycles. The summed E-state index contributed by atoms with van der Waals surface area (Å²) in [5, 5.41) is 3.05. The van der Waals surface area contributed by atoms with Crippen LogP contribution in [0.4, 0.5) is 10.1 Å². The lowest BCUT2D eigenvalue weighted by atomic mass is 9.68. The normalized spacial score (nSPS) is 17.0.